The van der Waals surface area contributed by atoms with E-state index in [2.05, 4.69) is 40.3 Å². The topological polar surface area (TPSA) is 51.8 Å². The van der Waals surface area contributed by atoms with Gasteiger partial charge in [-0.15, -0.1) is 0 Å². The molecule has 0 radical (unpaired) electrons. The van der Waals surface area contributed by atoms with Crippen LogP contribution >= 0.6 is 23.4 Å². The van der Waals surface area contributed by atoms with Crippen LogP contribution in [0.3, 0.4) is 0 Å². The molecule has 0 atom stereocenters. The van der Waals surface area contributed by atoms with Crippen molar-refractivity contribution >= 4 is 34.8 Å². The van der Waals surface area contributed by atoms with Gasteiger partial charge in [-0.25, -0.2) is 9.97 Å². The molecule has 0 spiro atoms. The van der Waals surface area contributed by atoms with E-state index in [0.717, 1.165) is 18.6 Å². The molecule has 0 unspecified atom stereocenters. The quantitative estimate of drug-likeness (QED) is 0.532. The SMILES string of the molecule is Nc1cc(Cl)nc(SCC2=CCCc3ccccc32)n1. The number of allylic oxidation sites excluding steroid dienone is 1. The Bertz CT molecular complexity index is 650. The number of benzene rings is 1. The van der Waals surface area contributed by atoms with Crippen LogP contribution in [0.15, 0.2) is 41.6 Å². The van der Waals surface area contributed by atoms with Gasteiger partial charge < -0.3 is 5.73 Å². The summed E-state index contributed by atoms with van der Waals surface area (Å²) in [5.74, 6) is 1.24. The Labute approximate surface area is 127 Å². The summed E-state index contributed by atoms with van der Waals surface area (Å²) in [6, 6.07) is 10.1. The van der Waals surface area contributed by atoms with Crippen molar-refractivity contribution in [3.8, 4) is 0 Å². The van der Waals surface area contributed by atoms with Crippen molar-refractivity contribution in [3.05, 3.63) is 52.7 Å². The van der Waals surface area contributed by atoms with Gasteiger partial charge in [0.05, 0.1) is 0 Å². The van der Waals surface area contributed by atoms with E-state index in [1.54, 1.807) is 17.8 Å². The maximum atomic E-state index is 5.89. The number of fused-ring (bicyclic) bond motifs is 1. The van der Waals surface area contributed by atoms with Crippen LogP contribution in [0.2, 0.25) is 5.15 Å². The molecule has 0 bridgehead atoms. The summed E-state index contributed by atoms with van der Waals surface area (Å²) in [5.41, 5.74) is 9.76. The fourth-order valence-electron chi connectivity index (χ4n) is 2.32. The molecule has 3 nitrogen and oxygen atoms in total. The molecule has 3 rings (SSSR count). The van der Waals surface area contributed by atoms with Crippen molar-refractivity contribution in [1.29, 1.82) is 0 Å². The Kier molecular flexibility index (Phi) is 3.94. The fraction of sp³-hybridized carbons (Fsp3) is 0.200. The highest BCUT2D eigenvalue weighted by Crippen LogP contribution is 2.30. The van der Waals surface area contributed by atoms with Crippen molar-refractivity contribution in [2.24, 2.45) is 0 Å². The summed E-state index contributed by atoms with van der Waals surface area (Å²) in [6.45, 7) is 0. The lowest BCUT2D eigenvalue weighted by Gasteiger charge is -2.17. The van der Waals surface area contributed by atoms with Gasteiger partial charge in [-0.2, -0.15) is 0 Å². The zero-order chi connectivity index (χ0) is 13.9. The van der Waals surface area contributed by atoms with E-state index in [0.29, 0.717) is 16.1 Å². The third kappa shape index (κ3) is 2.97. The molecule has 1 aliphatic rings. The smallest absolute Gasteiger partial charge is 0.191 e. The number of nitrogen functional groups attached to an aromatic ring is 1. The number of nitrogens with zero attached hydrogens (tertiary/aromatic N) is 2. The summed E-state index contributed by atoms with van der Waals surface area (Å²) >= 11 is 7.46. The number of nitrogens with two attached hydrogens (primary N) is 1. The zero-order valence-corrected chi connectivity index (χ0v) is 12.4. The van der Waals surface area contributed by atoms with Crippen LogP contribution in [-0.2, 0) is 6.42 Å². The summed E-state index contributed by atoms with van der Waals surface area (Å²) in [7, 11) is 0. The highest BCUT2D eigenvalue weighted by Gasteiger charge is 2.12. The van der Waals surface area contributed by atoms with Crippen molar-refractivity contribution in [3.63, 3.8) is 0 Å². The van der Waals surface area contributed by atoms with Crippen molar-refractivity contribution in [2.45, 2.75) is 18.0 Å². The predicted molar refractivity (Wildman–Crippen MR) is 84.9 cm³/mol. The first-order valence-corrected chi connectivity index (χ1v) is 7.79. The Morgan fingerprint density at radius 1 is 1.25 bits per heavy atom. The second-order valence-corrected chi connectivity index (χ2v) is 5.94. The van der Waals surface area contributed by atoms with E-state index in [4.69, 9.17) is 17.3 Å². The van der Waals surface area contributed by atoms with Gasteiger partial charge in [-0.3, -0.25) is 0 Å². The molecule has 20 heavy (non-hydrogen) atoms. The number of hydrogen-bond donors (Lipinski definition) is 1. The molecule has 0 saturated carbocycles. The number of thioether (sulfide) groups is 1. The summed E-state index contributed by atoms with van der Waals surface area (Å²) in [5, 5.41) is 1.01. The minimum atomic E-state index is 0.387. The number of anilines is 1. The molecular formula is C15H14ClN3S. The highest BCUT2D eigenvalue weighted by molar-refractivity contribution is 7.99. The van der Waals surface area contributed by atoms with Crippen LogP contribution < -0.4 is 5.73 Å². The Hall–Kier alpha value is -1.52. The largest absolute Gasteiger partial charge is 0.384 e. The maximum absolute atomic E-state index is 5.89. The van der Waals surface area contributed by atoms with Gasteiger partial charge in [0, 0.05) is 11.8 Å². The van der Waals surface area contributed by atoms with Crippen molar-refractivity contribution < 1.29 is 0 Å². The lowest BCUT2D eigenvalue weighted by molar-refractivity contribution is 0.970. The van der Waals surface area contributed by atoms with Gasteiger partial charge in [0.1, 0.15) is 11.0 Å². The van der Waals surface area contributed by atoms with E-state index in [9.17, 15) is 0 Å². The van der Waals surface area contributed by atoms with Crippen LogP contribution in [0.25, 0.3) is 5.57 Å². The average molecular weight is 304 g/mol. The molecule has 1 heterocycles. The molecule has 0 amide bonds. The normalized spacial score (nSPS) is 13.8. The van der Waals surface area contributed by atoms with Crippen LogP contribution in [-0.4, -0.2) is 15.7 Å². The fourth-order valence-corrected chi connectivity index (χ4v) is 3.45. The minimum Gasteiger partial charge on any atom is -0.384 e. The molecule has 0 saturated heterocycles. The first kappa shape index (κ1) is 13.5. The van der Waals surface area contributed by atoms with E-state index >= 15 is 0 Å². The summed E-state index contributed by atoms with van der Waals surface area (Å²) in [6.07, 6.45) is 4.50. The van der Waals surface area contributed by atoms with Crippen LogP contribution in [0.1, 0.15) is 17.5 Å². The van der Waals surface area contributed by atoms with E-state index in [-0.39, 0.29) is 0 Å². The van der Waals surface area contributed by atoms with E-state index in [1.807, 2.05) is 0 Å². The minimum absolute atomic E-state index is 0.387. The van der Waals surface area contributed by atoms with Gasteiger partial charge in [0.15, 0.2) is 5.16 Å². The van der Waals surface area contributed by atoms with Crippen LogP contribution in [0.4, 0.5) is 5.82 Å². The number of aromatic nitrogens is 2. The summed E-state index contributed by atoms with van der Waals surface area (Å²) in [4.78, 5) is 8.38. The zero-order valence-electron chi connectivity index (χ0n) is 10.8. The number of hydrogen-bond acceptors (Lipinski definition) is 4. The summed E-state index contributed by atoms with van der Waals surface area (Å²) < 4.78 is 0. The molecule has 2 aromatic rings. The maximum Gasteiger partial charge on any atom is 0.191 e. The van der Waals surface area contributed by atoms with Gasteiger partial charge in [0.2, 0.25) is 0 Å². The number of rotatable bonds is 3. The third-order valence-corrected chi connectivity index (χ3v) is 4.31. The first-order chi connectivity index (χ1) is 9.72. The Balaban J connectivity index is 1.77. The molecule has 102 valence electrons. The Morgan fingerprint density at radius 2 is 2.10 bits per heavy atom. The van der Waals surface area contributed by atoms with Gasteiger partial charge >= 0.3 is 0 Å². The molecule has 1 aromatic heterocycles. The van der Waals surface area contributed by atoms with Crippen LogP contribution in [0, 0.1) is 0 Å². The predicted octanol–water partition coefficient (Wildman–Crippen LogP) is 3.83. The highest BCUT2D eigenvalue weighted by atomic mass is 35.5. The third-order valence-electron chi connectivity index (χ3n) is 3.22. The monoisotopic (exact) mass is 303 g/mol. The Morgan fingerprint density at radius 3 is 2.95 bits per heavy atom. The lowest BCUT2D eigenvalue weighted by atomic mass is 9.92. The van der Waals surface area contributed by atoms with Crippen molar-refractivity contribution in [1.82, 2.24) is 9.97 Å². The molecule has 5 heteroatoms. The standard InChI is InChI=1S/C15H14ClN3S/c16-13-8-14(17)19-15(18-13)20-9-11-6-3-5-10-4-1-2-7-12(10)11/h1-2,4,6-8H,3,5,9H2,(H2,17,18,19). The van der Waals surface area contributed by atoms with Gasteiger partial charge in [-0.05, 0) is 29.5 Å². The molecular weight excluding hydrogens is 290 g/mol. The average Bonchev–Trinajstić information content (AvgIpc) is 2.44. The number of aryl methyl sites for hydroxylation is 1. The number of halogens is 1. The molecule has 0 aliphatic heterocycles. The van der Waals surface area contributed by atoms with Crippen LogP contribution in [0.5, 0.6) is 0 Å². The lowest BCUT2D eigenvalue weighted by Crippen LogP contribution is -2.02. The van der Waals surface area contributed by atoms with E-state index in [1.165, 1.54) is 16.7 Å². The molecule has 1 aromatic carbocycles. The molecule has 2 N–H and O–H groups in total. The van der Waals surface area contributed by atoms with E-state index < -0.39 is 0 Å². The van der Waals surface area contributed by atoms with Gasteiger partial charge in [0.25, 0.3) is 0 Å². The molecule has 0 fully saturated rings. The molecule has 1 aliphatic carbocycles. The second-order valence-electron chi connectivity index (χ2n) is 4.61. The first-order valence-electron chi connectivity index (χ1n) is 6.42. The van der Waals surface area contributed by atoms with Crippen molar-refractivity contribution in [2.75, 3.05) is 11.5 Å². The van der Waals surface area contributed by atoms with Gasteiger partial charge in [-0.1, -0.05) is 53.7 Å². The second kappa shape index (κ2) is 5.85.